The molecular weight excluding hydrogens is 366 g/mol. The molecule has 0 aromatic heterocycles. The van der Waals surface area contributed by atoms with Crippen molar-refractivity contribution in [1.82, 2.24) is 0 Å². The Balaban J connectivity index is 1.51. The number of fused-ring (bicyclic) bond motifs is 1. The third-order valence-corrected chi connectivity index (χ3v) is 5.47. The fourth-order valence-electron chi connectivity index (χ4n) is 3.56. The van der Waals surface area contributed by atoms with E-state index in [1.54, 1.807) is 6.92 Å². The first kappa shape index (κ1) is 20.9. The van der Waals surface area contributed by atoms with Crippen LogP contribution in [0.25, 0.3) is 0 Å². The molecule has 1 aliphatic carbocycles. The number of rotatable bonds is 8. The summed E-state index contributed by atoms with van der Waals surface area (Å²) in [7, 11) is 0. The van der Waals surface area contributed by atoms with Crippen LogP contribution in [0, 0.1) is 0 Å². The average molecular weight is 395 g/mol. The van der Waals surface area contributed by atoms with Gasteiger partial charge >= 0.3 is 5.97 Å². The maximum absolute atomic E-state index is 12.5. The first-order chi connectivity index (χ1) is 14.0. The highest BCUT2D eigenvalue weighted by Crippen LogP contribution is 2.27. The van der Waals surface area contributed by atoms with Crippen LogP contribution in [0.3, 0.4) is 0 Å². The van der Waals surface area contributed by atoms with Gasteiger partial charge in [-0.3, -0.25) is 4.79 Å². The molecule has 0 bridgehead atoms. The molecule has 0 heterocycles. The van der Waals surface area contributed by atoms with E-state index >= 15 is 0 Å². The largest absolute Gasteiger partial charge is 0.482 e. The van der Waals surface area contributed by atoms with Gasteiger partial charge in [-0.15, -0.1) is 0 Å². The van der Waals surface area contributed by atoms with Crippen molar-refractivity contribution in [2.24, 2.45) is 0 Å². The maximum Gasteiger partial charge on any atom is 0.344 e. The monoisotopic (exact) mass is 395 g/mol. The number of nitrogens with one attached hydrogen (secondary N) is 1. The van der Waals surface area contributed by atoms with Gasteiger partial charge in [0.05, 0.1) is 0 Å². The highest BCUT2D eigenvalue weighted by atomic mass is 16.6. The Hall–Kier alpha value is -2.82. The molecule has 2 atom stereocenters. The molecule has 154 valence electrons. The second kappa shape index (κ2) is 9.59. The van der Waals surface area contributed by atoms with E-state index in [2.05, 4.69) is 19.2 Å². The minimum atomic E-state index is -0.906. The van der Waals surface area contributed by atoms with Gasteiger partial charge in [0.25, 0.3) is 5.91 Å². The molecule has 3 rings (SSSR count). The zero-order valence-corrected chi connectivity index (χ0v) is 17.4. The lowest BCUT2D eigenvalue weighted by Crippen LogP contribution is -2.32. The van der Waals surface area contributed by atoms with Gasteiger partial charge < -0.3 is 14.8 Å². The van der Waals surface area contributed by atoms with Crippen LogP contribution < -0.4 is 10.1 Å². The summed E-state index contributed by atoms with van der Waals surface area (Å²) < 4.78 is 10.8. The zero-order chi connectivity index (χ0) is 20.8. The van der Waals surface area contributed by atoms with E-state index in [4.69, 9.17) is 9.47 Å². The Labute approximate surface area is 172 Å². The third-order valence-electron chi connectivity index (χ3n) is 5.47. The van der Waals surface area contributed by atoms with Crippen LogP contribution >= 0.6 is 0 Å². The lowest BCUT2D eigenvalue weighted by Gasteiger charge is -2.18. The summed E-state index contributed by atoms with van der Waals surface area (Å²) >= 11 is 0. The summed E-state index contributed by atoms with van der Waals surface area (Å²) in [5.74, 6) is 0.0576. The van der Waals surface area contributed by atoms with E-state index in [1.165, 1.54) is 11.1 Å². The molecule has 0 fully saturated rings. The molecular formula is C24H29NO4. The molecule has 0 saturated heterocycles. The summed E-state index contributed by atoms with van der Waals surface area (Å²) in [6, 6.07) is 13.6. The normalized spacial score (nSPS) is 14.6. The van der Waals surface area contributed by atoms with Gasteiger partial charge in [0.2, 0.25) is 0 Å². The van der Waals surface area contributed by atoms with Gasteiger partial charge in [0.15, 0.2) is 12.7 Å². The summed E-state index contributed by atoms with van der Waals surface area (Å²) in [5.41, 5.74) is 4.46. The molecule has 1 aliphatic rings. The van der Waals surface area contributed by atoms with Crippen molar-refractivity contribution in [3.63, 3.8) is 0 Å². The highest BCUT2D eigenvalue weighted by molar-refractivity contribution is 5.95. The van der Waals surface area contributed by atoms with E-state index in [1.807, 2.05) is 42.5 Å². The molecule has 1 N–H and O–H groups in total. The van der Waals surface area contributed by atoms with Crippen molar-refractivity contribution in [3.05, 3.63) is 59.2 Å². The molecule has 1 amide bonds. The van der Waals surface area contributed by atoms with Crippen molar-refractivity contribution in [1.29, 1.82) is 0 Å². The third kappa shape index (κ3) is 5.37. The summed E-state index contributed by atoms with van der Waals surface area (Å²) in [6.45, 7) is 5.56. The van der Waals surface area contributed by atoms with E-state index in [-0.39, 0.29) is 12.5 Å². The number of benzene rings is 2. The molecule has 0 spiro atoms. The van der Waals surface area contributed by atoms with Crippen molar-refractivity contribution in [2.45, 2.75) is 58.5 Å². The topological polar surface area (TPSA) is 64.6 Å². The van der Waals surface area contributed by atoms with Crippen LogP contribution in [-0.4, -0.2) is 24.6 Å². The molecule has 5 heteroatoms. The number of para-hydroxylation sites is 1. The standard InChI is InChI=1S/C24H29NO4/c1-4-16(2)21-10-5-6-11-22(21)25-24(27)17(3)29-23(26)15-28-20-13-12-18-8-7-9-19(18)14-20/h5-6,10-14,16-17H,4,7-9,15H2,1-3H3,(H,25,27)/t16-,17+/m1/s1. The lowest BCUT2D eigenvalue weighted by atomic mass is 9.97. The highest BCUT2D eigenvalue weighted by Gasteiger charge is 2.20. The Morgan fingerprint density at radius 2 is 1.83 bits per heavy atom. The Morgan fingerprint density at radius 1 is 1.07 bits per heavy atom. The fourth-order valence-corrected chi connectivity index (χ4v) is 3.56. The van der Waals surface area contributed by atoms with Crippen LogP contribution in [0.4, 0.5) is 5.69 Å². The van der Waals surface area contributed by atoms with Crippen molar-refractivity contribution in [2.75, 3.05) is 11.9 Å². The zero-order valence-electron chi connectivity index (χ0n) is 17.4. The van der Waals surface area contributed by atoms with Gasteiger partial charge in [-0.25, -0.2) is 4.79 Å². The van der Waals surface area contributed by atoms with Gasteiger partial charge in [-0.2, -0.15) is 0 Å². The molecule has 5 nitrogen and oxygen atoms in total. The first-order valence-electron chi connectivity index (χ1n) is 10.3. The van der Waals surface area contributed by atoms with Crippen LogP contribution in [0.1, 0.15) is 56.2 Å². The minimum absolute atomic E-state index is 0.222. The maximum atomic E-state index is 12.5. The Kier molecular flexibility index (Phi) is 6.91. The number of hydrogen-bond acceptors (Lipinski definition) is 4. The van der Waals surface area contributed by atoms with Gasteiger partial charge in [0, 0.05) is 5.69 Å². The molecule has 0 saturated carbocycles. The molecule has 0 radical (unpaired) electrons. The van der Waals surface area contributed by atoms with Crippen LogP contribution in [0.15, 0.2) is 42.5 Å². The smallest absolute Gasteiger partial charge is 0.344 e. The molecule has 2 aromatic rings. The minimum Gasteiger partial charge on any atom is -0.482 e. The summed E-state index contributed by atoms with van der Waals surface area (Å²) in [4.78, 5) is 24.6. The van der Waals surface area contributed by atoms with Gasteiger partial charge in [-0.05, 0) is 73.4 Å². The van der Waals surface area contributed by atoms with Crippen molar-refractivity contribution < 1.29 is 19.1 Å². The van der Waals surface area contributed by atoms with E-state index < -0.39 is 12.1 Å². The molecule has 29 heavy (non-hydrogen) atoms. The second-order valence-electron chi connectivity index (χ2n) is 7.59. The van der Waals surface area contributed by atoms with E-state index in [9.17, 15) is 9.59 Å². The molecule has 0 aliphatic heterocycles. The Morgan fingerprint density at radius 3 is 2.62 bits per heavy atom. The number of carbonyl (C=O) groups excluding carboxylic acids is 2. The van der Waals surface area contributed by atoms with Gasteiger partial charge in [0.1, 0.15) is 5.75 Å². The summed E-state index contributed by atoms with van der Waals surface area (Å²) in [6.07, 6.45) is 3.37. The average Bonchev–Trinajstić information content (AvgIpc) is 3.20. The quantitative estimate of drug-likeness (QED) is 0.662. The molecule has 0 unspecified atom stereocenters. The van der Waals surface area contributed by atoms with Crippen molar-refractivity contribution >= 4 is 17.6 Å². The number of aryl methyl sites for hydroxylation is 2. The van der Waals surface area contributed by atoms with Crippen LogP contribution in [0.5, 0.6) is 5.75 Å². The van der Waals surface area contributed by atoms with Gasteiger partial charge in [-0.1, -0.05) is 38.1 Å². The van der Waals surface area contributed by atoms with Crippen LogP contribution in [-0.2, 0) is 27.2 Å². The number of anilines is 1. The van der Waals surface area contributed by atoms with E-state index in [0.717, 1.165) is 36.9 Å². The number of ether oxygens (including phenoxy) is 2. The fraction of sp³-hybridized carbons (Fsp3) is 0.417. The SMILES string of the molecule is CC[C@@H](C)c1ccccc1NC(=O)[C@H](C)OC(=O)COc1ccc2c(c1)CCC2. The molecule has 2 aromatic carbocycles. The first-order valence-corrected chi connectivity index (χ1v) is 10.3. The van der Waals surface area contributed by atoms with Crippen molar-refractivity contribution in [3.8, 4) is 5.75 Å². The predicted octanol–water partition coefficient (Wildman–Crippen LogP) is 4.64. The Bertz CT molecular complexity index is 877. The summed E-state index contributed by atoms with van der Waals surface area (Å²) in [5, 5.41) is 2.88. The number of esters is 1. The van der Waals surface area contributed by atoms with E-state index in [0.29, 0.717) is 11.7 Å². The number of hydrogen-bond donors (Lipinski definition) is 1. The lowest BCUT2D eigenvalue weighted by molar-refractivity contribution is -0.155. The predicted molar refractivity (Wildman–Crippen MR) is 113 cm³/mol. The second-order valence-corrected chi connectivity index (χ2v) is 7.59. The number of carbonyl (C=O) groups is 2. The van der Waals surface area contributed by atoms with Crippen LogP contribution in [0.2, 0.25) is 0 Å². The number of amides is 1.